The molecule has 1 N–H and O–H groups in total. The Bertz CT molecular complexity index is 395. The van der Waals surface area contributed by atoms with Crippen molar-refractivity contribution in [3.8, 4) is 5.88 Å². The predicted molar refractivity (Wildman–Crippen MR) is 76.8 cm³/mol. The number of aromatic nitrogens is 2. The van der Waals surface area contributed by atoms with Crippen LogP contribution in [0.5, 0.6) is 5.88 Å². The number of anilines is 1. The van der Waals surface area contributed by atoms with Gasteiger partial charge in [-0.1, -0.05) is 20.8 Å². The van der Waals surface area contributed by atoms with E-state index in [1.165, 1.54) is 0 Å². The van der Waals surface area contributed by atoms with Crippen LogP contribution in [0.1, 0.15) is 32.2 Å². The Morgan fingerprint density at radius 1 is 1.21 bits per heavy atom. The van der Waals surface area contributed by atoms with Crippen molar-refractivity contribution in [2.75, 3.05) is 32.2 Å². The zero-order valence-corrected chi connectivity index (χ0v) is 12.6. The van der Waals surface area contributed by atoms with Gasteiger partial charge in [0, 0.05) is 20.1 Å². The Balaban J connectivity index is 2.57. The largest absolute Gasteiger partial charge is 0.475 e. The van der Waals surface area contributed by atoms with Gasteiger partial charge < -0.3 is 14.8 Å². The predicted octanol–water partition coefficient (Wildman–Crippen LogP) is 2.44. The zero-order chi connectivity index (χ0) is 14.3. The Hall–Kier alpha value is -1.36. The molecule has 0 aliphatic heterocycles. The molecule has 5 heteroatoms. The molecule has 0 atom stereocenters. The van der Waals surface area contributed by atoms with Gasteiger partial charge in [-0.2, -0.15) is 4.98 Å². The highest BCUT2D eigenvalue weighted by Gasteiger charge is 2.10. The number of rotatable bonds is 8. The summed E-state index contributed by atoms with van der Waals surface area (Å²) in [6.07, 6.45) is 0.787. The molecule has 0 aromatic carbocycles. The fourth-order valence-electron chi connectivity index (χ4n) is 1.60. The van der Waals surface area contributed by atoms with E-state index in [4.69, 9.17) is 9.47 Å². The molecule has 108 valence electrons. The summed E-state index contributed by atoms with van der Waals surface area (Å²) in [5.41, 5.74) is 0.934. The molecule has 0 amide bonds. The molecule has 0 radical (unpaired) electrons. The molecule has 0 saturated heterocycles. The van der Waals surface area contributed by atoms with E-state index >= 15 is 0 Å². The summed E-state index contributed by atoms with van der Waals surface area (Å²) in [6, 6.07) is 0. The standard InChI is InChI=1S/C14H25N3O2/c1-6-12-16-13(15-5)11(4)14(17-12)19-8-7-18-9-10(2)3/h10H,6-9H2,1-5H3,(H,15,16,17). The van der Waals surface area contributed by atoms with Crippen LogP contribution in [-0.2, 0) is 11.2 Å². The molecule has 0 spiro atoms. The molecule has 5 nitrogen and oxygen atoms in total. The fourth-order valence-corrected chi connectivity index (χ4v) is 1.60. The van der Waals surface area contributed by atoms with Crippen LogP contribution in [-0.4, -0.2) is 36.8 Å². The van der Waals surface area contributed by atoms with Crippen molar-refractivity contribution in [2.24, 2.45) is 5.92 Å². The van der Waals surface area contributed by atoms with Gasteiger partial charge in [0.2, 0.25) is 5.88 Å². The van der Waals surface area contributed by atoms with Gasteiger partial charge in [-0.15, -0.1) is 0 Å². The number of nitrogens with zero attached hydrogens (tertiary/aromatic N) is 2. The van der Waals surface area contributed by atoms with Gasteiger partial charge in [-0.3, -0.25) is 0 Å². The average Bonchev–Trinajstić information content (AvgIpc) is 2.39. The van der Waals surface area contributed by atoms with Gasteiger partial charge in [0.15, 0.2) is 0 Å². The number of hydrogen-bond donors (Lipinski definition) is 1. The molecule has 1 aromatic rings. The SMILES string of the molecule is CCc1nc(NC)c(C)c(OCCOCC(C)C)n1. The van der Waals surface area contributed by atoms with Crippen LogP contribution < -0.4 is 10.1 Å². The smallest absolute Gasteiger partial charge is 0.221 e. The number of ether oxygens (including phenoxy) is 2. The van der Waals surface area contributed by atoms with Crippen LogP contribution >= 0.6 is 0 Å². The summed E-state index contributed by atoms with van der Waals surface area (Å²) < 4.78 is 11.2. The highest BCUT2D eigenvalue weighted by Crippen LogP contribution is 2.21. The number of hydrogen-bond acceptors (Lipinski definition) is 5. The van der Waals surface area contributed by atoms with E-state index in [1.54, 1.807) is 0 Å². The fraction of sp³-hybridized carbons (Fsp3) is 0.714. The molecule has 1 aromatic heterocycles. The maximum absolute atomic E-state index is 5.69. The quantitative estimate of drug-likeness (QED) is 0.733. The molecule has 1 rings (SSSR count). The van der Waals surface area contributed by atoms with Gasteiger partial charge >= 0.3 is 0 Å². The zero-order valence-electron chi connectivity index (χ0n) is 12.6. The molecule has 0 aliphatic carbocycles. The molecule has 0 fully saturated rings. The molecule has 0 saturated carbocycles. The van der Waals surface area contributed by atoms with Gasteiger partial charge in [0.05, 0.1) is 12.2 Å². The van der Waals surface area contributed by atoms with E-state index in [-0.39, 0.29) is 0 Å². The monoisotopic (exact) mass is 267 g/mol. The normalized spacial score (nSPS) is 10.8. The maximum atomic E-state index is 5.69. The van der Waals surface area contributed by atoms with E-state index in [2.05, 4.69) is 29.1 Å². The van der Waals surface area contributed by atoms with E-state index in [1.807, 2.05) is 20.9 Å². The molecule has 1 heterocycles. The van der Waals surface area contributed by atoms with Gasteiger partial charge in [-0.05, 0) is 12.8 Å². The Morgan fingerprint density at radius 3 is 2.53 bits per heavy atom. The highest BCUT2D eigenvalue weighted by molar-refractivity contribution is 5.48. The lowest BCUT2D eigenvalue weighted by Gasteiger charge is -2.13. The van der Waals surface area contributed by atoms with E-state index < -0.39 is 0 Å². The van der Waals surface area contributed by atoms with Crippen LogP contribution in [0.2, 0.25) is 0 Å². The lowest BCUT2D eigenvalue weighted by atomic mass is 10.2. The Morgan fingerprint density at radius 2 is 1.95 bits per heavy atom. The van der Waals surface area contributed by atoms with E-state index in [0.29, 0.717) is 25.0 Å². The van der Waals surface area contributed by atoms with Crippen molar-refractivity contribution >= 4 is 5.82 Å². The van der Waals surface area contributed by atoms with Gasteiger partial charge in [0.1, 0.15) is 18.2 Å². The minimum Gasteiger partial charge on any atom is -0.475 e. The van der Waals surface area contributed by atoms with Crippen LogP contribution in [0.15, 0.2) is 0 Å². The van der Waals surface area contributed by atoms with Crippen molar-refractivity contribution in [3.05, 3.63) is 11.4 Å². The molecule has 0 unspecified atom stereocenters. The number of nitrogens with one attached hydrogen (secondary N) is 1. The summed E-state index contributed by atoms with van der Waals surface area (Å²) >= 11 is 0. The van der Waals surface area contributed by atoms with Crippen molar-refractivity contribution < 1.29 is 9.47 Å². The molecule has 19 heavy (non-hydrogen) atoms. The van der Waals surface area contributed by atoms with Gasteiger partial charge in [0.25, 0.3) is 0 Å². The summed E-state index contributed by atoms with van der Waals surface area (Å²) in [5, 5.41) is 3.06. The van der Waals surface area contributed by atoms with Crippen molar-refractivity contribution in [3.63, 3.8) is 0 Å². The summed E-state index contributed by atoms with van der Waals surface area (Å²) in [5.74, 6) is 2.80. The maximum Gasteiger partial charge on any atom is 0.221 e. The van der Waals surface area contributed by atoms with Crippen molar-refractivity contribution in [1.82, 2.24) is 9.97 Å². The summed E-state index contributed by atoms with van der Waals surface area (Å²) in [6.45, 7) is 10.1. The first kappa shape index (κ1) is 15.7. The Kier molecular flexibility index (Phi) is 6.56. The Labute approximate surface area is 115 Å². The number of aryl methyl sites for hydroxylation is 1. The minimum absolute atomic E-state index is 0.511. The third kappa shape index (κ3) is 5.03. The lowest BCUT2D eigenvalue weighted by molar-refractivity contribution is 0.0803. The van der Waals surface area contributed by atoms with Crippen LogP contribution in [0.4, 0.5) is 5.82 Å². The second-order valence-electron chi connectivity index (χ2n) is 4.84. The minimum atomic E-state index is 0.511. The second kappa shape index (κ2) is 7.94. The van der Waals surface area contributed by atoms with Crippen molar-refractivity contribution in [2.45, 2.75) is 34.1 Å². The van der Waals surface area contributed by atoms with Crippen LogP contribution in [0.25, 0.3) is 0 Å². The first-order chi connectivity index (χ1) is 9.08. The van der Waals surface area contributed by atoms with Gasteiger partial charge in [-0.25, -0.2) is 4.98 Å². The first-order valence-corrected chi connectivity index (χ1v) is 6.84. The summed E-state index contributed by atoms with van der Waals surface area (Å²) in [4.78, 5) is 8.81. The molecule has 0 aliphatic rings. The molecular weight excluding hydrogens is 242 g/mol. The van der Waals surface area contributed by atoms with Crippen molar-refractivity contribution in [1.29, 1.82) is 0 Å². The lowest BCUT2D eigenvalue weighted by Crippen LogP contribution is -2.13. The highest BCUT2D eigenvalue weighted by atomic mass is 16.5. The van der Waals surface area contributed by atoms with E-state index in [9.17, 15) is 0 Å². The second-order valence-corrected chi connectivity index (χ2v) is 4.84. The third-order valence-electron chi connectivity index (χ3n) is 2.62. The third-order valence-corrected chi connectivity index (χ3v) is 2.62. The molecule has 0 bridgehead atoms. The van der Waals surface area contributed by atoms with E-state index in [0.717, 1.165) is 30.2 Å². The van der Waals surface area contributed by atoms with Crippen LogP contribution in [0.3, 0.4) is 0 Å². The first-order valence-electron chi connectivity index (χ1n) is 6.84. The average molecular weight is 267 g/mol. The topological polar surface area (TPSA) is 56.3 Å². The summed E-state index contributed by atoms with van der Waals surface area (Å²) in [7, 11) is 1.85. The van der Waals surface area contributed by atoms with Crippen LogP contribution in [0, 0.1) is 12.8 Å². The molecular formula is C14H25N3O2.